The van der Waals surface area contributed by atoms with Crippen molar-refractivity contribution in [2.24, 2.45) is 0 Å². The molecule has 1 heterocycles. The van der Waals surface area contributed by atoms with Crippen LogP contribution in [0.2, 0.25) is 0 Å². The molecule has 24 heavy (non-hydrogen) atoms. The van der Waals surface area contributed by atoms with E-state index in [0.29, 0.717) is 12.0 Å². The highest BCUT2D eigenvalue weighted by Crippen LogP contribution is 2.28. The molecule has 120 valence electrons. The summed E-state index contributed by atoms with van der Waals surface area (Å²) in [6.45, 7) is 1.82. The Bertz CT molecular complexity index is 833. The average molecular weight is 319 g/mol. The number of benzene rings is 2. The van der Waals surface area contributed by atoms with Crippen molar-refractivity contribution in [3.63, 3.8) is 0 Å². The quantitative estimate of drug-likeness (QED) is 0.683. The van der Waals surface area contributed by atoms with Gasteiger partial charge in [0.25, 0.3) is 5.91 Å². The molecule has 0 radical (unpaired) electrons. The molecule has 4 heteroatoms. The zero-order valence-electron chi connectivity index (χ0n) is 13.3. The molecule has 0 fully saturated rings. The van der Waals surface area contributed by atoms with Gasteiger partial charge in [-0.2, -0.15) is 0 Å². The summed E-state index contributed by atoms with van der Waals surface area (Å²) in [6.07, 6.45) is 0.354. The lowest BCUT2D eigenvalue weighted by molar-refractivity contribution is -0.139. The van der Waals surface area contributed by atoms with Gasteiger partial charge in [0, 0.05) is 12.0 Å². The molecule has 1 amide bonds. The van der Waals surface area contributed by atoms with Gasteiger partial charge in [-0.25, -0.2) is 4.79 Å². The number of hydrogen-bond acceptors (Lipinski definition) is 3. The van der Waals surface area contributed by atoms with E-state index in [9.17, 15) is 9.59 Å². The Morgan fingerprint density at radius 2 is 1.88 bits per heavy atom. The molecule has 1 unspecified atom stereocenters. The highest BCUT2D eigenvalue weighted by molar-refractivity contribution is 5.97. The third-order valence-corrected chi connectivity index (χ3v) is 3.91. The fraction of sp³-hybridized carbons (Fsp3) is 0.200. The summed E-state index contributed by atoms with van der Waals surface area (Å²) < 4.78 is 5.38. The Hall–Kier alpha value is -3.06. The van der Waals surface area contributed by atoms with Gasteiger partial charge in [-0.05, 0) is 30.7 Å². The maximum Gasteiger partial charge on any atom is 0.339 e. The molecule has 1 N–H and O–H groups in total. The maximum atomic E-state index is 12.4. The second kappa shape index (κ2) is 6.59. The molecule has 0 bridgehead atoms. The molecule has 1 aliphatic heterocycles. The van der Waals surface area contributed by atoms with Gasteiger partial charge in [-0.15, -0.1) is 0 Å². The zero-order chi connectivity index (χ0) is 17.0. The second-order valence-corrected chi connectivity index (χ2v) is 5.80. The van der Waals surface area contributed by atoms with E-state index in [1.807, 2.05) is 42.5 Å². The van der Waals surface area contributed by atoms with Gasteiger partial charge in [0.1, 0.15) is 0 Å². The van der Waals surface area contributed by atoms with E-state index >= 15 is 0 Å². The smallest absolute Gasteiger partial charge is 0.339 e. The van der Waals surface area contributed by atoms with E-state index in [1.54, 1.807) is 19.1 Å². The minimum absolute atomic E-state index is 0.197. The number of amides is 1. The van der Waals surface area contributed by atoms with Crippen molar-refractivity contribution in [3.05, 3.63) is 71.3 Å². The average Bonchev–Trinajstić information content (AvgIpc) is 2.59. The number of nitrogens with one attached hydrogen (secondary N) is 1. The summed E-state index contributed by atoms with van der Waals surface area (Å²) in [5.41, 5.74) is 1.02. The minimum Gasteiger partial charge on any atom is -0.445 e. The first kappa shape index (κ1) is 15.8. The Morgan fingerprint density at radius 3 is 2.67 bits per heavy atom. The molecule has 4 nitrogen and oxygen atoms in total. The van der Waals surface area contributed by atoms with Crippen LogP contribution < -0.4 is 5.32 Å². The Balaban J connectivity index is 1.65. The Labute approximate surface area is 140 Å². The van der Waals surface area contributed by atoms with Crippen LogP contribution in [0.25, 0.3) is 0 Å². The fourth-order valence-corrected chi connectivity index (χ4v) is 2.64. The van der Waals surface area contributed by atoms with Gasteiger partial charge >= 0.3 is 5.97 Å². The van der Waals surface area contributed by atoms with E-state index in [-0.39, 0.29) is 12.5 Å². The summed E-state index contributed by atoms with van der Waals surface area (Å²) in [4.78, 5) is 24.5. The summed E-state index contributed by atoms with van der Waals surface area (Å²) in [5.74, 6) is 5.06. The van der Waals surface area contributed by atoms with Crippen molar-refractivity contribution < 1.29 is 14.3 Å². The molecule has 0 saturated heterocycles. The summed E-state index contributed by atoms with van der Waals surface area (Å²) >= 11 is 0. The van der Waals surface area contributed by atoms with Gasteiger partial charge in [-0.1, -0.05) is 48.2 Å². The predicted octanol–water partition coefficient (Wildman–Crippen LogP) is 2.33. The highest BCUT2D eigenvalue weighted by atomic mass is 16.6. The monoisotopic (exact) mass is 319 g/mol. The lowest BCUT2D eigenvalue weighted by Crippen LogP contribution is -2.51. The van der Waals surface area contributed by atoms with Crippen molar-refractivity contribution >= 4 is 11.9 Å². The van der Waals surface area contributed by atoms with Crippen molar-refractivity contribution in [1.29, 1.82) is 0 Å². The summed E-state index contributed by atoms with van der Waals surface area (Å²) in [5, 5.41) is 2.72. The molecule has 2 aromatic rings. The Morgan fingerprint density at radius 1 is 1.17 bits per heavy atom. The first-order valence-corrected chi connectivity index (χ1v) is 7.72. The largest absolute Gasteiger partial charge is 0.445 e. The summed E-state index contributed by atoms with van der Waals surface area (Å²) in [6, 6.07) is 16.7. The number of carbonyl (C=O) groups is 2. The fourth-order valence-electron chi connectivity index (χ4n) is 2.64. The van der Waals surface area contributed by atoms with Crippen molar-refractivity contribution in [1.82, 2.24) is 5.32 Å². The normalized spacial score (nSPS) is 18.6. The molecule has 0 spiro atoms. The maximum absolute atomic E-state index is 12.4. The highest BCUT2D eigenvalue weighted by Gasteiger charge is 2.42. The van der Waals surface area contributed by atoms with Gasteiger partial charge in [-0.3, -0.25) is 4.79 Å². The predicted molar refractivity (Wildman–Crippen MR) is 90.3 cm³/mol. The van der Waals surface area contributed by atoms with Gasteiger partial charge in [0.2, 0.25) is 0 Å². The van der Waals surface area contributed by atoms with Gasteiger partial charge in [0.05, 0.1) is 12.1 Å². The van der Waals surface area contributed by atoms with Crippen LogP contribution in [0.3, 0.4) is 0 Å². The van der Waals surface area contributed by atoms with E-state index in [2.05, 4.69) is 17.2 Å². The zero-order valence-corrected chi connectivity index (χ0v) is 13.3. The molecule has 0 aromatic heterocycles. The van der Waals surface area contributed by atoms with Crippen LogP contribution in [0.5, 0.6) is 0 Å². The van der Waals surface area contributed by atoms with Crippen LogP contribution in [0.4, 0.5) is 0 Å². The number of carbonyl (C=O) groups excluding carboxylic acids is 2. The molecule has 1 atom stereocenters. The number of cyclic esters (lactones) is 1. The third kappa shape index (κ3) is 3.31. The van der Waals surface area contributed by atoms with Crippen LogP contribution in [0.15, 0.2) is 54.6 Å². The first-order chi connectivity index (χ1) is 11.6. The minimum atomic E-state index is -1.21. The lowest BCUT2D eigenvalue weighted by atomic mass is 9.89. The van der Waals surface area contributed by atoms with Crippen LogP contribution in [0.1, 0.15) is 28.4 Å². The molecule has 2 aromatic carbocycles. The van der Waals surface area contributed by atoms with E-state index in [0.717, 1.165) is 11.1 Å². The van der Waals surface area contributed by atoms with E-state index in [1.165, 1.54) is 0 Å². The number of rotatable bonds is 2. The van der Waals surface area contributed by atoms with Crippen LogP contribution >= 0.6 is 0 Å². The standard InChI is InChI=1S/C20H17NO3/c1-20(14-16-11-5-6-12-17(16)18(22)24-20)19(23)21-13-7-10-15-8-3-2-4-9-15/h2-6,8-9,11-12H,13-14H2,1H3,(H,21,23). The van der Waals surface area contributed by atoms with Gasteiger partial charge in [0.15, 0.2) is 5.60 Å². The molecule has 0 aliphatic carbocycles. The van der Waals surface area contributed by atoms with E-state index < -0.39 is 11.6 Å². The van der Waals surface area contributed by atoms with Crippen molar-refractivity contribution in [3.8, 4) is 11.8 Å². The molecular weight excluding hydrogens is 302 g/mol. The Kier molecular flexibility index (Phi) is 4.35. The number of hydrogen-bond donors (Lipinski definition) is 1. The molecule has 3 rings (SSSR count). The number of esters is 1. The van der Waals surface area contributed by atoms with Gasteiger partial charge < -0.3 is 10.1 Å². The van der Waals surface area contributed by atoms with Crippen molar-refractivity contribution in [2.75, 3.05) is 6.54 Å². The lowest BCUT2D eigenvalue weighted by Gasteiger charge is -2.32. The second-order valence-electron chi connectivity index (χ2n) is 5.80. The topological polar surface area (TPSA) is 55.4 Å². The number of ether oxygens (including phenoxy) is 1. The molecule has 0 saturated carbocycles. The van der Waals surface area contributed by atoms with Crippen LogP contribution in [-0.4, -0.2) is 24.0 Å². The molecule has 1 aliphatic rings. The SMILES string of the molecule is CC1(C(=O)NCC#Cc2ccccc2)Cc2ccccc2C(=O)O1. The first-order valence-electron chi connectivity index (χ1n) is 7.72. The number of fused-ring (bicyclic) bond motifs is 1. The van der Waals surface area contributed by atoms with Crippen LogP contribution in [-0.2, 0) is 16.0 Å². The molecular formula is C20H17NO3. The van der Waals surface area contributed by atoms with E-state index in [4.69, 9.17) is 4.74 Å². The third-order valence-electron chi connectivity index (χ3n) is 3.91. The van der Waals surface area contributed by atoms with Crippen LogP contribution in [0, 0.1) is 11.8 Å². The van der Waals surface area contributed by atoms with Crippen molar-refractivity contribution in [2.45, 2.75) is 18.9 Å². The summed E-state index contributed by atoms with van der Waals surface area (Å²) in [7, 11) is 0.